The van der Waals surface area contributed by atoms with Crippen LogP contribution in [0, 0.1) is 0 Å². The maximum Gasteiger partial charge on any atom is 0.419 e. The summed E-state index contributed by atoms with van der Waals surface area (Å²) in [7, 11) is 0. The third kappa shape index (κ3) is 5.42. The molecule has 0 radical (unpaired) electrons. The molecular weight excluding hydrogens is 577 g/mol. The van der Waals surface area contributed by atoms with Crippen molar-refractivity contribution in [2.45, 2.75) is 63.0 Å². The van der Waals surface area contributed by atoms with Crippen LogP contribution in [0.5, 0.6) is 23.0 Å². The Morgan fingerprint density at radius 1 is 1.11 bits per heavy atom. The van der Waals surface area contributed by atoms with Crippen LogP contribution in [0.25, 0.3) is 0 Å². The zero-order valence-corrected chi connectivity index (χ0v) is 23.9. The van der Waals surface area contributed by atoms with Crippen LogP contribution in [0.1, 0.15) is 59.2 Å². The van der Waals surface area contributed by atoms with Gasteiger partial charge >= 0.3 is 6.18 Å². The zero-order valence-electron chi connectivity index (χ0n) is 23.9. The lowest BCUT2D eigenvalue weighted by Crippen LogP contribution is -2.38. The van der Waals surface area contributed by atoms with Gasteiger partial charge in [-0.1, -0.05) is 6.92 Å². The van der Waals surface area contributed by atoms with E-state index in [-0.39, 0.29) is 41.4 Å². The van der Waals surface area contributed by atoms with Crippen LogP contribution >= 0.6 is 0 Å². The van der Waals surface area contributed by atoms with Gasteiger partial charge in [0.05, 0.1) is 17.5 Å². The first-order chi connectivity index (χ1) is 21.2. The van der Waals surface area contributed by atoms with Crippen molar-refractivity contribution in [1.82, 2.24) is 15.2 Å². The second kappa shape index (κ2) is 11.0. The highest BCUT2D eigenvalue weighted by molar-refractivity contribution is 5.95. The lowest BCUT2D eigenvalue weighted by atomic mass is 10.1. The SMILES string of the molecule is CCN1CCC(Oc2ccc(C(=O)N[C@H]3[C@H]4Oc5ccc(Oc6ccnc7c6CCC(=O)N7)cc5[C@@H]34)cc2C(F)(F)F)CC1. The van der Waals surface area contributed by atoms with Gasteiger partial charge in [0.1, 0.15) is 41.0 Å². The number of halogens is 3. The van der Waals surface area contributed by atoms with Crippen molar-refractivity contribution >= 4 is 17.6 Å². The molecule has 4 heterocycles. The van der Waals surface area contributed by atoms with Crippen LogP contribution in [0.4, 0.5) is 19.0 Å². The van der Waals surface area contributed by atoms with E-state index in [1.54, 1.807) is 24.4 Å². The van der Waals surface area contributed by atoms with Crippen molar-refractivity contribution in [1.29, 1.82) is 0 Å². The number of amides is 2. The molecule has 1 aromatic heterocycles. The highest BCUT2D eigenvalue weighted by Gasteiger charge is 2.59. The first-order valence-electron chi connectivity index (χ1n) is 14.8. The molecule has 4 aliphatic rings. The molecule has 44 heavy (non-hydrogen) atoms. The Bertz CT molecular complexity index is 1620. The number of piperidine rings is 1. The molecule has 0 unspecified atom stereocenters. The van der Waals surface area contributed by atoms with Gasteiger partial charge in [0, 0.05) is 42.4 Å². The number of carbonyl (C=O) groups is 2. The van der Waals surface area contributed by atoms with Crippen LogP contribution in [-0.2, 0) is 17.4 Å². The molecule has 1 saturated carbocycles. The number of fused-ring (bicyclic) bond motifs is 4. The van der Waals surface area contributed by atoms with Gasteiger partial charge in [0.25, 0.3) is 5.91 Å². The second-order valence-electron chi connectivity index (χ2n) is 11.6. The molecule has 0 bridgehead atoms. The third-order valence-corrected chi connectivity index (χ3v) is 8.78. The quantitative estimate of drug-likeness (QED) is 0.376. The molecule has 1 aliphatic carbocycles. The van der Waals surface area contributed by atoms with Crippen molar-refractivity contribution in [3.8, 4) is 23.0 Å². The maximum atomic E-state index is 14.0. The molecule has 9 nitrogen and oxygen atoms in total. The molecule has 3 aliphatic heterocycles. The van der Waals surface area contributed by atoms with Crippen LogP contribution in [0.2, 0.25) is 0 Å². The average Bonchev–Trinajstić information content (AvgIpc) is 3.53. The summed E-state index contributed by atoms with van der Waals surface area (Å²) in [6, 6.07) is 10.3. The largest absolute Gasteiger partial charge is 0.490 e. The molecule has 3 aromatic rings. The van der Waals surface area contributed by atoms with Crippen LogP contribution < -0.4 is 24.8 Å². The number of nitrogens with zero attached hydrogens (tertiary/aromatic N) is 2. The predicted octanol–water partition coefficient (Wildman–Crippen LogP) is 5.30. The maximum absolute atomic E-state index is 14.0. The summed E-state index contributed by atoms with van der Waals surface area (Å²) in [6.45, 7) is 4.50. The van der Waals surface area contributed by atoms with Crippen molar-refractivity contribution in [3.05, 3.63) is 70.9 Å². The predicted molar refractivity (Wildman–Crippen MR) is 153 cm³/mol. The smallest absolute Gasteiger partial charge is 0.419 e. The van der Waals surface area contributed by atoms with Gasteiger partial charge < -0.3 is 29.7 Å². The van der Waals surface area contributed by atoms with E-state index >= 15 is 0 Å². The van der Waals surface area contributed by atoms with E-state index in [1.165, 1.54) is 12.1 Å². The first-order valence-corrected chi connectivity index (χ1v) is 14.8. The Morgan fingerprint density at radius 2 is 1.93 bits per heavy atom. The van der Waals surface area contributed by atoms with Crippen LogP contribution in [0.3, 0.4) is 0 Å². The normalized spacial score (nSPS) is 22.6. The van der Waals surface area contributed by atoms with Gasteiger partial charge in [-0.3, -0.25) is 9.59 Å². The van der Waals surface area contributed by atoms with Crippen LogP contribution in [0.15, 0.2) is 48.7 Å². The van der Waals surface area contributed by atoms with Crippen molar-refractivity contribution in [3.63, 3.8) is 0 Å². The number of alkyl halides is 3. The first kappa shape index (κ1) is 28.5. The number of rotatable bonds is 7. The molecule has 0 spiro atoms. The number of carbonyl (C=O) groups excluding carboxylic acids is 2. The van der Waals surface area contributed by atoms with Gasteiger partial charge in [0.15, 0.2) is 0 Å². The van der Waals surface area contributed by atoms with E-state index in [1.807, 2.05) is 6.07 Å². The van der Waals surface area contributed by atoms with Gasteiger partial charge in [-0.15, -0.1) is 0 Å². The molecule has 2 aromatic carbocycles. The number of likely N-dealkylation sites (tertiary alicyclic amines) is 1. The Balaban J connectivity index is 1.03. The average molecular weight is 609 g/mol. The summed E-state index contributed by atoms with van der Waals surface area (Å²) in [5, 5.41) is 5.61. The van der Waals surface area contributed by atoms with E-state index in [4.69, 9.17) is 14.2 Å². The molecule has 2 amide bonds. The van der Waals surface area contributed by atoms with Crippen molar-refractivity contribution < 1.29 is 37.0 Å². The highest BCUT2D eigenvalue weighted by Crippen LogP contribution is 2.55. The monoisotopic (exact) mass is 608 g/mol. The minimum absolute atomic E-state index is 0.0911. The molecule has 7 rings (SSSR count). The number of nitrogens with one attached hydrogen (secondary N) is 2. The zero-order chi connectivity index (χ0) is 30.6. The fraction of sp³-hybridized carbons (Fsp3) is 0.406. The lowest BCUT2D eigenvalue weighted by molar-refractivity contribution is -0.139. The summed E-state index contributed by atoms with van der Waals surface area (Å²) in [4.78, 5) is 31.3. The number of anilines is 1. The van der Waals surface area contributed by atoms with Gasteiger partial charge in [0.2, 0.25) is 5.91 Å². The van der Waals surface area contributed by atoms with Crippen molar-refractivity contribution in [2.75, 3.05) is 25.0 Å². The van der Waals surface area contributed by atoms with Gasteiger partial charge in [-0.05, 0) is 68.3 Å². The Kier molecular flexibility index (Phi) is 7.11. The van der Waals surface area contributed by atoms with Crippen LogP contribution in [-0.4, -0.2) is 59.6 Å². The highest BCUT2D eigenvalue weighted by atomic mass is 19.4. The Labute approximate surface area is 251 Å². The third-order valence-electron chi connectivity index (χ3n) is 8.78. The number of hydrogen-bond donors (Lipinski definition) is 2. The van der Waals surface area contributed by atoms with E-state index in [2.05, 4.69) is 27.4 Å². The summed E-state index contributed by atoms with van der Waals surface area (Å²) < 4.78 is 60.0. The number of hydrogen-bond acceptors (Lipinski definition) is 7. The van der Waals surface area contributed by atoms with E-state index in [9.17, 15) is 22.8 Å². The van der Waals surface area contributed by atoms with E-state index in [0.29, 0.717) is 48.7 Å². The Hall–Kier alpha value is -4.32. The molecule has 1 saturated heterocycles. The van der Waals surface area contributed by atoms with Crippen molar-refractivity contribution in [2.24, 2.45) is 0 Å². The molecule has 2 N–H and O–H groups in total. The topological polar surface area (TPSA) is 102 Å². The summed E-state index contributed by atoms with van der Waals surface area (Å²) in [5.41, 5.74) is 0.611. The number of ether oxygens (including phenoxy) is 3. The van der Waals surface area contributed by atoms with Gasteiger partial charge in [-0.2, -0.15) is 13.2 Å². The molecule has 3 atom stereocenters. The van der Waals surface area contributed by atoms with E-state index in [0.717, 1.165) is 36.8 Å². The number of pyridine rings is 1. The summed E-state index contributed by atoms with van der Waals surface area (Å²) >= 11 is 0. The molecule has 230 valence electrons. The fourth-order valence-electron chi connectivity index (χ4n) is 6.31. The minimum atomic E-state index is -4.68. The second-order valence-corrected chi connectivity index (χ2v) is 11.6. The summed E-state index contributed by atoms with van der Waals surface area (Å²) in [6.07, 6.45) is -1.58. The molecular formula is C32H31F3N4O5. The molecule has 12 heteroatoms. The molecule has 2 fully saturated rings. The van der Waals surface area contributed by atoms with E-state index < -0.39 is 17.6 Å². The number of benzene rings is 2. The minimum Gasteiger partial charge on any atom is -0.490 e. The standard InChI is InChI=1S/C32H31F3N4O5/c1-2-39-13-10-18(11-14-39)42-25-6-3-17(15-22(25)32(33,34)35)31(41)38-28-27-21-16-19(4-7-23(21)44-29(27)28)43-24-9-12-36-30-20(24)5-8-26(40)37-30/h3-4,6-7,9,12,15-16,18,27-29H,2,5,8,10-11,13-14H2,1H3,(H,38,41)(H,36,37,40)/t27-,28+,29-/m0/s1. The van der Waals surface area contributed by atoms with Gasteiger partial charge in [-0.25, -0.2) is 4.98 Å². The lowest BCUT2D eigenvalue weighted by Gasteiger charge is -2.31. The fourth-order valence-corrected chi connectivity index (χ4v) is 6.31. The summed E-state index contributed by atoms with van der Waals surface area (Å²) in [5.74, 6) is 1.20. The Morgan fingerprint density at radius 3 is 2.70 bits per heavy atom. The number of aromatic nitrogens is 1.